The summed E-state index contributed by atoms with van der Waals surface area (Å²) in [6.45, 7) is 11.0. The Morgan fingerprint density at radius 3 is 2.30 bits per heavy atom. The molecule has 1 aliphatic heterocycles. The van der Waals surface area contributed by atoms with E-state index in [-0.39, 0.29) is 24.4 Å². The Morgan fingerprint density at radius 1 is 1.20 bits per heavy atom. The van der Waals surface area contributed by atoms with Crippen LogP contribution in [-0.2, 0) is 9.59 Å². The van der Waals surface area contributed by atoms with Crippen molar-refractivity contribution in [1.29, 1.82) is 0 Å². The summed E-state index contributed by atoms with van der Waals surface area (Å²) in [4.78, 5) is 25.9. The highest BCUT2D eigenvalue weighted by Gasteiger charge is 2.23. The summed E-state index contributed by atoms with van der Waals surface area (Å²) in [6, 6.07) is 0.252. The van der Waals surface area contributed by atoms with Gasteiger partial charge in [0, 0.05) is 24.5 Å². The van der Waals surface area contributed by atoms with Gasteiger partial charge in [-0.15, -0.1) is 0 Å². The summed E-state index contributed by atoms with van der Waals surface area (Å²) in [6.07, 6.45) is 3.17. The average molecular weight is 283 g/mol. The summed E-state index contributed by atoms with van der Waals surface area (Å²) >= 11 is 0. The molecule has 2 N–H and O–H groups in total. The van der Waals surface area contributed by atoms with Gasteiger partial charge in [0.2, 0.25) is 11.8 Å². The molecule has 0 unspecified atom stereocenters. The fraction of sp³-hybridized carbons (Fsp3) is 0.867. The number of rotatable bonds is 5. The smallest absolute Gasteiger partial charge is 0.239 e. The largest absolute Gasteiger partial charge is 0.352 e. The normalized spacial score (nSPS) is 17.8. The molecule has 0 bridgehead atoms. The Kier molecular flexibility index (Phi) is 6.46. The van der Waals surface area contributed by atoms with E-state index < -0.39 is 5.41 Å². The van der Waals surface area contributed by atoms with E-state index in [0.29, 0.717) is 0 Å². The molecule has 1 aliphatic rings. The van der Waals surface area contributed by atoms with E-state index in [9.17, 15) is 9.59 Å². The van der Waals surface area contributed by atoms with Gasteiger partial charge in [-0.25, -0.2) is 0 Å². The lowest BCUT2D eigenvalue weighted by molar-refractivity contribution is -0.131. The van der Waals surface area contributed by atoms with E-state index in [4.69, 9.17) is 0 Å². The third-order valence-electron chi connectivity index (χ3n) is 3.58. The second-order valence-electron chi connectivity index (χ2n) is 6.62. The van der Waals surface area contributed by atoms with E-state index >= 15 is 0 Å². The first-order valence-electron chi connectivity index (χ1n) is 7.63. The lowest BCUT2D eigenvalue weighted by Gasteiger charge is -2.32. The topological polar surface area (TPSA) is 61.4 Å². The van der Waals surface area contributed by atoms with Crippen LogP contribution in [0.15, 0.2) is 0 Å². The highest BCUT2D eigenvalue weighted by molar-refractivity contribution is 5.87. The maximum atomic E-state index is 11.8. The van der Waals surface area contributed by atoms with Gasteiger partial charge in [0.25, 0.3) is 0 Å². The van der Waals surface area contributed by atoms with Gasteiger partial charge in [-0.2, -0.15) is 0 Å². The molecule has 5 heteroatoms. The second-order valence-corrected chi connectivity index (χ2v) is 6.62. The molecule has 0 aromatic rings. The first-order chi connectivity index (χ1) is 9.32. The summed E-state index contributed by atoms with van der Waals surface area (Å²) < 4.78 is 0. The van der Waals surface area contributed by atoms with Crippen LogP contribution in [-0.4, -0.2) is 48.9 Å². The van der Waals surface area contributed by atoms with Gasteiger partial charge in [0.05, 0.1) is 6.54 Å². The van der Waals surface area contributed by atoms with Crippen LogP contribution in [0, 0.1) is 5.41 Å². The standard InChI is InChI=1S/C15H29N3O2/c1-5-8-18-9-6-12(7-10-18)17-13(19)11-16-14(20)15(2,3)4/h12H,5-11H2,1-4H3,(H,16,20)(H,17,19). The fourth-order valence-corrected chi connectivity index (χ4v) is 2.32. The monoisotopic (exact) mass is 283 g/mol. The van der Waals surface area contributed by atoms with Crippen molar-refractivity contribution in [3.8, 4) is 0 Å². The molecule has 20 heavy (non-hydrogen) atoms. The van der Waals surface area contributed by atoms with Crippen molar-refractivity contribution < 1.29 is 9.59 Å². The summed E-state index contributed by atoms with van der Waals surface area (Å²) in [5.74, 6) is -0.179. The number of amides is 2. The number of hydrogen-bond donors (Lipinski definition) is 2. The van der Waals surface area contributed by atoms with E-state index in [1.807, 2.05) is 20.8 Å². The van der Waals surface area contributed by atoms with Crippen LogP contribution < -0.4 is 10.6 Å². The van der Waals surface area contributed by atoms with Gasteiger partial charge in [-0.3, -0.25) is 9.59 Å². The first kappa shape index (κ1) is 17.0. The molecule has 5 nitrogen and oxygen atoms in total. The Morgan fingerprint density at radius 2 is 1.80 bits per heavy atom. The molecular weight excluding hydrogens is 254 g/mol. The van der Waals surface area contributed by atoms with Gasteiger partial charge in [-0.1, -0.05) is 27.7 Å². The zero-order valence-corrected chi connectivity index (χ0v) is 13.3. The first-order valence-corrected chi connectivity index (χ1v) is 7.63. The summed E-state index contributed by atoms with van der Waals surface area (Å²) in [7, 11) is 0. The maximum absolute atomic E-state index is 11.8. The van der Waals surface area contributed by atoms with Crippen LogP contribution in [0.3, 0.4) is 0 Å². The van der Waals surface area contributed by atoms with E-state index in [1.165, 1.54) is 6.42 Å². The molecule has 0 aliphatic carbocycles. The molecule has 0 aromatic heterocycles. The quantitative estimate of drug-likeness (QED) is 0.795. The Bertz CT molecular complexity index is 329. The predicted octanol–water partition coefficient (Wildman–Crippen LogP) is 1.14. The minimum Gasteiger partial charge on any atom is -0.352 e. The minimum absolute atomic E-state index is 0.0747. The summed E-state index contributed by atoms with van der Waals surface area (Å²) in [5, 5.41) is 5.69. The molecule has 0 saturated carbocycles. The second kappa shape index (κ2) is 7.62. The summed E-state index contributed by atoms with van der Waals surface area (Å²) in [5.41, 5.74) is -0.453. The van der Waals surface area contributed by atoms with Crippen molar-refractivity contribution in [2.24, 2.45) is 5.41 Å². The van der Waals surface area contributed by atoms with Crippen molar-refractivity contribution >= 4 is 11.8 Å². The Balaban J connectivity index is 2.22. The van der Waals surface area contributed by atoms with E-state index in [1.54, 1.807) is 0 Å². The van der Waals surface area contributed by atoms with Crippen LogP contribution in [0.4, 0.5) is 0 Å². The number of nitrogens with one attached hydrogen (secondary N) is 2. The molecule has 116 valence electrons. The van der Waals surface area contributed by atoms with Crippen LogP contribution in [0.1, 0.15) is 47.0 Å². The molecule has 1 rings (SSSR count). The van der Waals surface area contributed by atoms with Gasteiger partial charge < -0.3 is 15.5 Å². The minimum atomic E-state index is -0.453. The molecule has 0 aromatic carbocycles. The van der Waals surface area contributed by atoms with Gasteiger partial charge >= 0.3 is 0 Å². The molecule has 1 fully saturated rings. The zero-order chi connectivity index (χ0) is 15.2. The third-order valence-corrected chi connectivity index (χ3v) is 3.58. The Labute approximate surface area is 122 Å². The van der Waals surface area contributed by atoms with Crippen molar-refractivity contribution in [3.63, 3.8) is 0 Å². The van der Waals surface area contributed by atoms with Crippen LogP contribution >= 0.6 is 0 Å². The predicted molar refractivity (Wildman–Crippen MR) is 80.4 cm³/mol. The van der Waals surface area contributed by atoms with Crippen molar-refractivity contribution in [3.05, 3.63) is 0 Å². The number of piperidine rings is 1. The highest BCUT2D eigenvalue weighted by atomic mass is 16.2. The van der Waals surface area contributed by atoms with Gasteiger partial charge in [-0.05, 0) is 25.8 Å². The zero-order valence-electron chi connectivity index (χ0n) is 13.3. The highest BCUT2D eigenvalue weighted by Crippen LogP contribution is 2.12. The van der Waals surface area contributed by atoms with Crippen LogP contribution in [0.2, 0.25) is 0 Å². The van der Waals surface area contributed by atoms with Crippen LogP contribution in [0.5, 0.6) is 0 Å². The number of carbonyl (C=O) groups is 2. The van der Waals surface area contributed by atoms with Crippen molar-refractivity contribution in [2.75, 3.05) is 26.2 Å². The Hall–Kier alpha value is -1.10. The molecule has 0 spiro atoms. The average Bonchev–Trinajstić information content (AvgIpc) is 2.37. The maximum Gasteiger partial charge on any atom is 0.239 e. The SMILES string of the molecule is CCCN1CCC(NC(=O)CNC(=O)C(C)(C)C)CC1. The third kappa shape index (κ3) is 5.90. The molecule has 0 atom stereocenters. The van der Waals surface area contributed by atoms with Crippen LogP contribution in [0.25, 0.3) is 0 Å². The number of carbonyl (C=O) groups excluding carboxylic acids is 2. The van der Waals surface area contributed by atoms with Gasteiger partial charge in [0.1, 0.15) is 0 Å². The molecular formula is C15H29N3O2. The molecule has 2 amide bonds. The lowest BCUT2D eigenvalue weighted by Crippen LogP contribution is -2.48. The van der Waals surface area contributed by atoms with Gasteiger partial charge in [0.15, 0.2) is 0 Å². The number of hydrogen-bond acceptors (Lipinski definition) is 3. The van der Waals surface area contributed by atoms with Crippen molar-refractivity contribution in [2.45, 2.75) is 53.0 Å². The van der Waals surface area contributed by atoms with E-state index in [2.05, 4.69) is 22.5 Å². The number of likely N-dealkylation sites (tertiary alicyclic amines) is 1. The molecule has 0 radical (unpaired) electrons. The fourth-order valence-electron chi connectivity index (χ4n) is 2.32. The lowest BCUT2D eigenvalue weighted by atomic mass is 9.96. The number of nitrogens with zero attached hydrogens (tertiary/aromatic N) is 1. The molecule has 1 saturated heterocycles. The molecule has 1 heterocycles. The van der Waals surface area contributed by atoms with E-state index in [0.717, 1.165) is 32.5 Å². The van der Waals surface area contributed by atoms with Crippen molar-refractivity contribution in [1.82, 2.24) is 15.5 Å².